The van der Waals surface area contributed by atoms with Crippen LogP contribution in [-0.4, -0.2) is 30.0 Å². The third-order valence-corrected chi connectivity index (χ3v) is 8.17. The fourth-order valence-corrected chi connectivity index (χ4v) is 6.22. The molecule has 178 valence electrons. The number of aromatic nitrogens is 6. The van der Waals surface area contributed by atoms with E-state index < -0.39 is 0 Å². The third kappa shape index (κ3) is 4.41. The highest BCUT2D eigenvalue weighted by Gasteiger charge is 2.26. The molecule has 34 heavy (non-hydrogen) atoms. The predicted octanol–water partition coefficient (Wildman–Crippen LogP) is 7.79. The molecule has 0 N–H and O–H groups in total. The summed E-state index contributed by atoms with van der Waals surface area (Å²) in [5, 5.41) is 23.2. The topological polar surface area (TPSA) is 61.4 Å². The van der Waals surface area contributed by atoms with Crippen LogP contribution in [0.15, 0.2) is 35.0 Å². The van der Waals surface area contributed by atoms with Gasteiger partial charge in [-0.05, 0) is 35.7 Å². The molecular weight excluding hydrogens is 460 g/mol. The van der Waals surface area contributed by atoms with Crippen LogP contribution in [0.2, 0.25) is 0 Å². The fraction of sp³-hybridized carbons (Fsp3) is 0.462. The van der Waals surface area contributed by atoms with Crippen molar-refractivity contribution in [2.45, 2.75) is 78.3 Å². The summed E-state index contributed by atoms with van der Waals surface area (Å²) >= 11 is 3.49. The van der Waals surface area contributed by atoms with Crippen molar-refractivity contribution in [3.05, 3.63) is 35.0 Å². The molecule has 0 bridgehead atoms. The van der Waals surface area contributed by atoms with Gasteiger partial charge in [0.05, 0.1) is 0 Å². The van der Waals surface area contributed by atoms with E-state index in [9.17, 15) is 0 Å². The molecule has 4 aromatic heterocycles. The third-order valence-electron chi connectivity index (χ3n) is 6.40. The molecule has 0 saturated carbocycles. The summed E-state index contributed by atoms with van der Waals surface area (Å²) in [6, 6.07) is 8.57. The molecule has 5 aromatic rings. The molecular formula is C26H32N6S2. The lowest BCUT2D eigenvalue weighted by Gasteiger charge is -2.12. The number of rotatable bonds is 12. The zero-order valence-corrected chi connectivity index (χ0v) is 21.7. The zero-order valence-electron chi connectivity index (χ0n) is 20.0. The summed E-state index contributed by atoms with van der Waals surface area (Å²) in [5.74, 6) is 0. The smallest absolute Gasteiger partial charge is 0.124 e. The Hall–Kier alpha value is -2.58. The Kier molecular flexibility index (Phi) is 7.35. The Morgan fingerprint density at radius 1 is 0.647 bits per heavy atom. The monoisotopic (exact) mass is 492 g/mol. The molecule has 5 rings (SSSR count). The number of nitrogens with zero attached hydrogens (tertiary/aromatic N) is 6. The Morgan fingerprint density at radius 3 is 1.50 bits per heavy atom. The number of hydrogen-bond acceptors (Lipinski definition) is 6. The average molecular weight is 493 g/mol. The molecule has 6 nitrogen and oxygen atoms in total. The lowest BCUT2D eigenvalue weighted by molar-refractivity contribution is 0.539. The van der Waals surface area contributed by atoms with Gasteiger partial charge >= 0.3 is 0 Å². The summed E-state index contributed by atoms with van der Waals surface area (Å²) in [4.78, 5) is 2.39. The van der Waals surface area contributed by atoms with Crippen LogP contribution in [0.4, 0.5) is 0 Å². The van der Waals surface area contributed by atoms with Crippen molar-refractivity contribution >= 4 is 44.7 Å². The van der Waals surface area contributed by atoms with Crippen molar-refractivity contribution in [1.82, 2.24) is 30.0 Å². The van der Waals surface area contributed by atoms with Crippen molar-refractivity contribution < 1.29 is 0 Å². The first-order valence-corrected chi connectivity index (χ1v) is 14.3. The molecule has 0 amide bonds. The summed E-state index contributed by atoms with van der Waals surface area (Å²) in [7, 11) is 0. The Labute approximate surface area is 208 Å². The number of benzene rings is 1. The average Bonchev–Trinajstić information content (AvgIpc) is 3.66. The fourth-order valence-electron chi connectivity index (χ4n) is 4.68. The highest BCUT2D eigenvalue weighted by molar-refractivity contribution is 7.14. The van der Waals surface area contributed by atoms with E-state index in [1.807, 2.05) is 0 Å². The molecule has 0 spiro atoms. The molecule has 8 heteroatoms. The lowest BCUT2D eigenvalue weighted by atomic mass is 10.0. The summed E-state index contributed by atoms with van der Waals surface area (Å²) in [6.07, 6.45) is 9.58. The normalized spacial score (nSPS) is 11.8. The molecule has 0 aliphatic heterocycles. The van der Waals surface area contributed by atoms with E-state index in [1.165, 1.54) is 48.3 Å². The van der Waals surface area contributed by atoms with E-state index in [0.717, 1.165) is 59.1 Å². The van der Waals surface area contributed by atoms with Gasteiger partial charge in [0.2, 0.25) is 0 Å². The number of thiophene rings is 2. The standard InChI is InChI=1S/C26H32N6S2/c1-3-5-7-9-15-31-25-21(19-13-11-17-33-19)24-26(32(30-28-24)16-10-8-6-4-2)22(23(25)27-29-31)20-14-12-18-34-20/h11-14,17-18H,3-10,15-16H2,1-2H3. The van der Waals surface area contributed by atoms with Crippen molar-refractivity contribution in [3.63, 3.8) is 0 Å². The molecule has 0 atom stereocenters. The SMILES string of the molecule is CCCCCCn1nnc2c(-c3cccs3)c3c(nnn3CCCCCC)c(-c3cccs3)c21. The zero-order chi connectivity index (χ0) is 23.3. The number of unbranched alkanes of at least 4 members (excludes halogenated alkanes) is 6. The van der Waals surface area contributed by atoms with Crippen LogP contribution in [0.5, 0.6) is 0 Å². The van der Waals surface area contributed by atoms with E-state index in [-0.39, 0.29) is 0 Å². The van der Waals surface area contributed by atoms with Crippen LogP contribution in [0.1, 0.15) is 65.2 Å². The first-order valence-electron chi connectivity index (χ1n) is 12.5. The van der Waals surface area contributed by atoms with Crippen LogP contribution in [0.25, 0.3) is 42.9 Å². The summed E-state index contributed by atoms with van der Waals surface area (Å²) in [6.45, 7) is 6.23. The van der Waals surface area contributed by atoms with Crippen LogP contribution < -0.4 is 0 Å². The van der Waals surface area contributed by atoms with Crippen molar-refractivity contribution in [1.29, 1.82) is 0 Å². The van der Waals surface area contributed by atoms with Gasteiger partial charge in [0.1, 0.15) is 22.1 Å². The van der Waals surface area contributed by atoms with Gasteiger partial charge in [-0.3, -0.25) is 0 Å². The largest absolute Gasteiger partial charge is 0.244 e. The number of hydrogen-bond donors (Lipinski definition) is 0. The van der Waals surface area contributed by atoms with Gasteiger partial charge in [0.15, 0.2) is 0 Å². The quantitative estimate of drug-likeness (QED) is 0.167. The van der Waals surface area contributed by atoms with E-state index in [2.05, 4.69) is 68.7 Å². The first-order chi connectivity index (χ1) is 16.8. The Bertz CT molecular complexity index is 1230. The molecule has 0 aliphatic rings. The highest BCUT2D eigenvalue weighted by Crippen LogP contribution is 2.44. The molecule has 4 heterocycles. The lowest BCUT2D eigenvalue weighted by Crippen LogP contribution is -2.03. The maximum atomic E-state index is 4.78. The minimum atomic E-state index is 0.870. The Morgan fingerprint density at radius 2 is 1.12 bits per heavy atom. The van der Waals surface area contributed by atoms with Crippen LogP contribution in [0, 0.1) is 0 Å². The van der Waals surface area contributed by atoms with Crippen molar-refractivity contribution in [2.24, 2.45) is 0 Å². The predicted molar refractivity (Wildman–Crippen MR) is 144 cm³/mol. The second-order valence-corrected chi connectivity index (χ2v) is 10.7. The Balaban J connectivity index is 1.73. The van der Waals surface area contributed by atoms with Gasteiger partial charge in [-0.15, -0.1) is 32.9 Å². The maximum Gasteiger partial charge on any atom is 0.124 e. The van der Waals surface area contributed by atoms with Crippen molar-refractivity contribution in [3.8, 4) is 20.9 Å². The minimum absolute atomic E-state index is 0.870. The van der Waals surface area contributed by atoms with E-state index in [1.54, 1.807) is 22.7 Å². The van der Waals surface area contributed by atoms with Gasteiger partial charge < -0.3 is 0 Å². The van der Waals surface area contributed by atoms with Gasteiger partial charge in [0, 0.05) is 34.0 Å². The maximum absolute atomic E-state index is 4.78. The van der Waals surface area contributed by atoms with E-state index >= 15 is 0 Å². The van der Waals surface area contributed by atoms with Gasteiger partial charge in [-0.25, -0.2) is 9.36 Å². The molecule has 0 unspecified atom stereocenters. The van der Waals surface area contributed by atoms with Crippen LogP contribution in [0.3, 0.4) is 0 Å². The molecule has 0 radical (unpaired) electrons. The van der Waals surface area contributed by atoms with Crippen LogP contribution >= 0.6 is 22.7 Å². The van der Waals surface area contributed by atoms with E-state index in [4.69, 9.17) is 10.2 Å². The van der Waals surface area contributed by atoms with Gasteiger partial charge in [0.25, 0.3) is 0 Å². The second kappa shape index (κ2) is 10.8. The summed E-state index contributed by atoms with van der Waals surface area (Å²) in [5.41, 5.74) is 6.36. The highest BCUT2D eigenvalue weighted by atomic mass is 32.1. The van der Waals surface area contributed by atoms with Crippen LogP contribution in [-0.2, 0) is 13.1 Å². The minimum Gasteiger partial charge on any atom is -0.244 e. The molecule has 1 aromatic carbocycles. The number of fused-ring (bicyclic) bond motifs is 2. The molecule has 0 fully saturated rings. The molecule has 0 aliphatic carbocycles. The van der Waals surface area contributed by atoms with Gasteiger partial charge in [-0.1, -0.05) is 74.9 Å². The van der Waals surface area contributed by atoms with Gasteiger partial charge in [-0.2, -0.15) is 0 Å². The van der Waals surface area contributed by atoms with Crippen molar-refractivity contribution in [2.75, 3.05) is 0 Å². The number of aryl methyl sites for hydroxylation is 2. The van der Waals surface area contributed by atoms with E-state index in [0.29, 0.717) is 0 Å². The molecule has 0 saturated heterocycles. The first kappa shape index (κ1) is 23.2. The second-order valence-electron chi connectivity index (χ2n) is 8.85. The summed E-state index contributed by atoms with van der Waals surface area (Å²) < 4.78 is 4.22.